The zero-order valence-electron chi connectivity index (χ0n) is 17.3. The van der Waals surface area contributed by atoms with Gasteiger partial charge in [0.15, 0.2) is 12.6 Å². The summed E-state index contributed by atoms with van der Waals surface area (Å²) in [7, 11) is 1.73. The molecule has 1 aromatic rings. The summed E-state index contributed by atoms with van der Waals surface area (Å²) in [6.07, 6.45) is 1.61. The van der Waals surface area contributed by atoms with Crippen LogP contribution in [0.1, 0.15) is 44.6 Å². The Balaban J connectivity index is 1.79. The molecule has 29 heavy (non-hydrogen) atoms. The van der Waals surface area contributed by atoms with Crippen LogP contribution in [0.25, 0.3) is 0 Å². The highest BCUT2D eigenvalue weighted by Gasteiger charge is 2.33. The molecule has 8 heteroatoms. The van der Waals surface area contributed by atoms with Gasteiger partial charge < -0.3 is 20.1 Å². The monoisotopic (exact) mass is 415 g/mol. The van der Waals surface area contributed by atoms with E-state index >= 15 is 0 Å². The highest BCUT2D eigenvalue weighted by atomic mass is 19.4. The Morgan fingerprint density at radius 3 is 2.41 bits per heavy atom. The van der Waals surface area contributed by atoms with E-state index in [4.69, 9.17) is 9.47 Å². The first-order valence-corrected chi connectivity index (χ1v) is 10.2. The van der Waals surface area contributed by atoms with Crippen LogP contribution in [0.15, 0.2) is 29.3 Å². The van der Waals surface area contributed by atoms with Crippen molar-refractivity contribution in [1.29, 1.82) is 0 Å². The molecule has 0 aromatic heterocycles. The van der Waals surface area contributed by atoms with E-state index in [1.54, 1.807) is 31.3 Å². The van der Waals surface area contributed by atoms with Crippen LogP contribution in [0, 0.1) is 5.41 Å². The van der Waals surface area contributed by atoms with Gasteiger partial charge in [0.25, 0.3) is 0 Å². The molecule has 164 valence electrons. The number of ether oxygens (including phenoxy) is 2. The summed E-state index contributed by atoms with van der Waals surface area (Å²) in [5.74, 6) is 0.913. The molecule has 1 aliphatic carbocycles. The van der Waals surface area contributed by atoms with E-state index in [0.29, 0.717) is 12.5 Å². The fourth-order valence-electron chi connectivity index (χ4n) is 3.62. The lowest BCUT2D eigenvalue weighted by Crippen LogP contribution is -2.43. The Morgan fingerprint density at radius 1 is 1.14 bits per heavy atom. The van der Waals surface area contributed by atoms with Crippen molar-refractivity contribution in [3.05, 3.63) is 29.8 Å². The summed E-state index contributed by atoms with van der Waals surface area (Å²) in [6, 6.07) is 6.57. The number of hydrogen-bond acceptors (Lipinski definition) is 3. The SMILES string of the molecule is CCOCCC1(CNC(=NC)NCc2ccc(OCC(F)(F)F)cc2)CCCC1. The van der Waals surface area contributed by atoms with Gasteiger partial charge in [-0.15, -0.1) is 0 Å². The topological polar surface area (TPSA) is 54.9 Å². The lowest BCUT2D eigenvalue weighted by atomic mass is 9.83. The maximum absolute atomic E-state index is 12.2. The van der Waals surface area contributed by atoms with Gasteiger partial charge in [0.2, 0.25) is 0 Å². The van der Waals surface area contributed by atoms with Crippen LogP contribution in [0.4, 0.5) is 13.2 Å². The number of nitrogens with one attached hydrogen (secondary N) is 2. The Bertz CT molecular complexity index is 627. The van der Waals surface area contributed by atoms with Crippen molar-refractivity contribution in [3.63, 3.8) is 0 Å². The fraction of sp³-hybridized carbons (Fsp3) is 0.667. The quantitative estimate of drug-likeness (QED) is 0.340. The van der Waals surface area contributed by atoms with Crippen molar-refractivity contribution in [2.75, 3.05) is 33.4 Å². The number of benzene rings is 1. The van der Waals surface area contributed by atoms with E-state index in [9.17, 15) is 13.2 Å². The number of rotatable bonds is 10. The van der Waals surface area contributed by atoms with E-state index in [1.807, 2.05) is 6.92 Å². The van der Waals surface area contributed by atoms with E-state index in [-0.39, 0.29) is 11.2 Å². The molecule has 0 aliphatic heterocycles. The van der Waals surface area contributed by atoms with Crippen LogP contribution in [0.3, 0.4) is 0 Å². The summed E-state index contributed by atoms with van der Waals surface area (Å²) in [5, 5.41) is 6.69. The number of guanidine groups is 1. The minimum atomic E-state index is -4.34. The Labute approximate surface area is 171 Å². The second-order valence-corrected chi connectivity index (χ2v) is 7.48. The minimum absolute atomic E-state index is 0.200. The largest absolute Gasteiger partial charge is 0.484 e. The summed E-state index contributed by atoms with van der Waals surface area (Å²) >= 11 is 0. The molecule has 2 N–H and O–H groups in total. The highest BCUT2D eigenvalue weighted by molar-refractivity contribution is 5.79. The molecule has 5 nitrogen and oxygen atoms in total. The molecular formula is C21H32F3N3O2. The third-order valence-electron chi connectivity index (χ3n) is 5.29. The Hall–Kier alpha value is -1.96. The third-order valence-corrected chi connectivity index (χ3v) is 5.29. The minimum Gasteiger partial charge on any atom is -0.484 e. The number of alkyl halides is 3. The zero-order chi connectivity index (χ0) is 21.2. The second-order valence-electron chi connectivity index (χ2n) is 7.48. The number of halogens is 3. The van der Waals surface area contributed by atoms with Gasteiger partial charge >= 0.3 is 6.18 Å². The maximum Gasteiger partial charge on any atom is 0.422 e. The lowest BCUT2D eigenvalue weighted by molar-refractivity contribution is -0.153. The van der Waals surface area contributed by atoms with Crippen molar-refractivity contribution in [2.24, 2.45) is 10.4 Å². The van der Waals surface area contributed by atoms with Gasteiger partial charge in [-0.3, -0.25) is 4.99 Å². The second kappa shape index (κ2) is 11.3. The maximum atomic E-state index is 12.2. The van der Waals surface area contributed by atoms with Gasteiger partial charge in [0.1, 0.15) is 5.75 Å². The average molecular weight is 416 g/mol. The molecule has 1 saturated carbocycles. The van der Waals surface area contributed by atoms with E-state index in [1.165, 1.54) is 25.7 Å². The molecular weight excluding hydrogens is 383 g/mol. The van der Waals surface area contributed by atoms with Crippen molar-refractivity contribution in [3.8, 4) is 5.75 Å². The first kappa shape index (κ1) is 23.3. The van der Waals surface area contributed by atoms with Gasteiger partial charge in [-0.2, -0.15) is 13.2 Å². The standard InChI is InChI=1S/C21H32F3N3O2/c1-3-28-13-12-20(10-4-5-11-20)15-27-19(25-2)26-14-17-6-8-18(9-7-17)29-16-21(22,23)24/h6-9H,3-5,10-16H2,1-2H3,(H2,25,26,27). The van der Waals surface area contributed by atoms with Crippen LogP contribution >= 0.6 is 0 Å². The predicted molar refractivity (Wildman–Crippen MR) is 108 cm³/mol. The lowest BCUT2D eigenvalue weighted by Gasteiger charge is -2.30. The Morgan fingerprint density at radius 2 is 1.83 bits per heavy atom. The summed E-state index contributed by atoms with van der Waals surface area (Å²) < 4.78 is 46.9. The molecule has 0 bridgehead atoms. The van der Waals surface area contributed by atoms with Crippen molar-refractivity contribution in [1.82, 2.24) is 10.6 Å². The van der Waals surface area contributed by atoms with Crippen molar-refractivity contribution >= 4 is 5.96 Å². The number of nitrogens with zero attached hydrogens (tertiary/aromatic N) is 1. The zero-order valence-corrected chi connectivity index (χ0v) is 17.3. The molecule has 1 aromatic carbocycles. The predicted octanol–water partition coefficient (Wildman–Crippen LogP) is 4.28. The van der Waals surface area contributed by atoms with Crippen LogP contribution < -0.4 is 15.4 Å². The average Bonchev–Trinajstić information content (AvgIpc) is 3.16. The highest BCUT2D eigenvalue weighted by Crippen LogP contribution is 2.40. The molecule has 0 unspecified atom stereocenters. The molecule has 0 atom stereocenters. The van der Waals surface area contributed by atoms with Crippen LogP contribution in [0.2, 0.25) is 0 Å². The number of aliphatic imine (C=N–C) groups is 1. The fourth-order valence-corrected chi connectivity index (χ4v) is 3.62. The number of hydrogen-bond donors (Lipinski definition) is 2. The van der Waals surface area contributed by atoms with E-state index in [0.717, 1.165) is 31.7 Å². The van der Waals surface area contributed by atoms with Gasteiger partial charge in [-0.25, -0.2) is 0 Å². The van der Waals surface area contributed by atoms with E-state index < -0.39 is 12.8 Å². The first-order chi connectivity index (χ1) is 13.9. The summed E-state index contributed by atoms with van der Waals surface area (Å²) in [6.45, 7) is 3.63. The smallest absolute Gasteiger partial charge is 0.422 e. The molecule has 2 rings (SSSR count). The van der Waals surface area contributed by atoms with Crippen molar-refractivity contribution < 1.29 is 22.6 Å². The molecule has 1 fully saturated rings. The molecule has 0 saturated heterocycles. The molecule has 0 heterocycles. The first-order valence-electron chi connectivity index (χ1n) is 10.2. The van der Waals surface area contributed by atoms with Crippen LogP contribution in [0.5, 0.6) is 5.75 Å². The molecule has 0 radical (unpaired) electrons. The summed E-state index contributed by atoms with van der Waals surface area (Å²) in [4.78, 5) is 4.28. The van der Waals surface area contributed by atoms with Gasteiger partial charge in [-0.05, 0) is 49.3 Å². The molecule has 0 amide bonds. The van der Waals surface area contributed by atoms with Crippen molar-refractivity contribution in [2.45, 2.75) is 51.7 Å². The van der Waals surface area contributed by atoms with Gasteiger partial charge in [-0.1, -0.05) is 25.0 Å². The summed E-state index contributed by atoms with van der Waals surface area (Å²) in [5.41, 5.74) is 1.18. The third kappa shape index (κ3) is 8.51. The normalized spacial score (nSPS) is 16.7. The molecule has 0 spiro atoms. The van der Waals surface area contributed by atoms with Crippen LogP contribution in [-0.4, -0.2) is 45.5 Å². The van der Waals surface area contributed by atoms with E-state index in [2.05, 4.69) is 15.6 Å². The van der Waals surface area contributed by atoms with Gasteiger partial charge in [0, 0.05) is 33.4 Å². The van der Waals surface area contributed by atoms with Gasteiger partial charge in [0.05, 0.1) is 0 Å². The Kier molecular flexibility index (Phi) is 9.07. The molecule has 1 aliphatic rings. The van der Waals surface area contributed by atoms with Crippen LogP contribution in [-0.2, 0) is 11.3 Å².